The molecule has 0 aliphatic heterocycles. The van der Waals surface area contributed by atoms with Crippen molar-refractivity contribution in [1.29, 1.82) is 0 Å². The fourth-order valence-electron chi connectivity index (χ4n) is 1.14. The van der Waals surface area contributed by atoms with Gasteiger partial charge in [0, 0.05) is 25.4 Å². The fraction of sp³-hybridized carbons (Fsp3) is 0.600. The maximum atomic E-state index is 11.8. The first-order valence-electron chi connectivity index (χ1n) is 4.93. The number of aromatic nitrogens is 2. The number of amides is 1. The van der Waals surface area contributed by atoms with E-state index < -0.39 is 5.60 Å². The largest absolute Gasteiger partial charge is 0.369 e. The molecule has 1 unspecified atom stereocenters. The van der Waals surface area contributed by atoms with Gasteiger partial charge in [-0.1, -0.05) is 6.92 Å². The Morgan fingerprint density at radius 1 is 1.73 bits per heavy atom. The molecule has 0 saturated heterocycles. The van der Waals surface area contributed by atoms with E-state index in [1.807, 2.05) is 6.92 Å². The first-order chi connectivity index (χ1) is 7.12. The van der Waals surface area contributed by atoms with E-state index in [2.05, 4.69) is 15.5 Å². The van der Waals surface area contributed by atoms with Gasteiger partial charge in [-0.25, -0.2) is 0 Å². The van der Waals surface area contributed by atoms with E-state index in [0.29, 0.717) is 13.0 Å². The van der Waals surface area contributed by atoms with Crippen LogP contribution in [0.1, 0.15) is 25.8 Å². The van der Waals surface area contributed by atoms with E-state index in [4.69, 9.17) is 4.74 Å². The van der Waals surface area contributed by atoms with Crippen LogP contribution in [0.2, 0.25) is 0 Å². The van der Waals surface area contributed by atoms with Gasteiger partial charge >= 0.3 is 0 Å². The van der Waals surface area contributed by atoms with Crippen LogP contribution in [-0.4, -0.2) is 28.8 Å². The summed E-state index contributed by atoms with van der Waals surface area (Å²) in [5.41, 5.74) is 0.196. The first-order valence-corrected chi connectivity index (χ1v) is 4.93. The van der Waals surface area contributed by atoms with Gasteiger partial charge in [-0.2, -0.15) is 5.10 Å². The lowest BCUT2D eigenvalue weighted by molar-refractivity contribution is -0.142. The lowest BCUT2D eigenvalue weighted by Gasteiger charge is -2.24. The van der Waals surface area contributed by atoms with Crippen LogP contribution in [0.15, 0.2) is 12.4 Å². The van der Waals surface area contributed by atoms with Gasteiger partial charge in [0.1, 0.15) is 5.60 Å². The van der Waals surface area contributed by atoms with E-state index in [0.717, 1.165) is 5.56 Å². The van der Waals surface area contributed by atoms with E-state index in [-0.39, 0.29) is 5.91 Å². The molecule has 0 aliphatic rings. The van der Waals surface area contributed by atoms with Crippen LogP contribution in [0.25, 0.3) is 0 Å². The number of H-pyrrole nitrogens is 1. The Balaban J connectivity index is 2.48. The van der Waals surface area contributed by atoms with Crippen molar-refractivity contribution in [3.8, 4) is 0 Å². The monoisotopic (exact) mass is 211 g/mol. The number of hydrogen-bond donors (Lipinski definition) is 2. The van der Waals surface area contributed by atoms with E-state index in [9.17, 15) is 4.79 Å². The molecule has 1 amide bonds. The number of aromatic amines is 1. The molecule has 0 saturated carbocycles. The van der Waals surface area contributed by atoms with Gasteiger partial charge in [-0.05, 0) is 13.3 Å². The lowest BCUT2D eigenvalue weighted by Crippen LogP contribution is -2.45. The second-order valence-corrected chi connectivity index (χ2v) is 3.58. The van der Waals surface area contributed by atoms with Crippen molar-refractivity contribution in [2.45, 2.75) is 32.4 Å². The molecule has 1 atom stereocenters. The predicted molar refractivity (Wildman–Crippen MR) is 56.1 cm³/mol. The zero-order chi connectivity index (χ0) is 11.3. The molecule has 1 aromatic rings. The third-order valence-electron chi connectivity index (χ3n) is 2.61. The highest BCUT2D eigenvalue weighted by atomic mass is 16.5. The van der Waals surface area contributed by atoms with Crippen LogP contribution in [0.5, 0.6) is 0 Å². The minimum absolute atomic E-state index is 0.103. The Bertz CT molecular complexity index is 304. The molecule has 0 bridgehead atoms. The van der Waals surface area contributed by atoms with Crippen molar-refractivity contribution < 1.29 is 9.53 Å². The molecule has 0 aromatic carbocycles. The molecule has 0 fully saturated rings. The number of methoxy groups -OCH3 is 1. The van der Waals surface area contributed by atoms with Crippen LogP contribution in [0.4, 0.5) is 0 Å². The highest BCUT2D eigenvalue weighted by Gasteiger charge is 2.30. The van der Waals surface area contributed by atoms with Crippen molar-refractivity contribution in [2.75, 3.05) is 7.11 Å². The molecule has 0 aliphatic carbocycles. The summed E-state index contributed by atoms with van der Waals surface area (Å²) in [6.07, 6.45) is 4.06. The Hall–Kier alpha value is -1.36. The molecule has 1 aromatic heterocycles. The van der Waals surface area contributed by atoms with Crippen molar-refractivity contribution in [3.05, 3.63) is 18.0 Å². The number of rotatable bonds is 5. The molecule has 5 heteroatoms. The topological polar surface area (TPSA) is 67.0 Å². The predicted octanol–water partition coefficient (Wildman–Crippen LogP) is 0.841. The SMILES string of the molecule is CCC(C)(OC)C(=O)NCc1cn[nH]c1. The number of carbonyl (C=O) groups excluding carboxylic acids is 1. The zero-order valence-corrected chi connectivity index (χ0v) is 9.33. The maximum Gasteiger partial charge on any atom is 0.252 e. The number of ether oxygens (including phenoxy) is 1. The highest BCUT2D eigenvalue weighted by Crippen LogP contribution is 2.13. The van der Waals surface area contributed by atoms with Crippen LogP contribution in [0.3, 0.4) is 0 Å². The van der Waals surface area contributed by atoms with E-state index in [1.165, 1.54) is 0 Å². The molecule has 84 valence electrons. The van der Waals surface area contributed by atoms with Crippen LogP contribution in [0, 0.1) is 0 Å². The lowest BCUT2D eigenvalue weighted by atomic mass is 10.0. The summed E-state index contributed by atoms with van der Waals surface area (Å²) in [5.74, 6) is -0.103. The Morgan fingerprint density at radius 3 is 2.93 bits per heavy atom. The van der Waals surface area contributed by atoms with Gasteiger partial charge in [0.15, 0.2) is 0 Å². The summed E-state index contributed by atoms with van der Waals surface area (Å²) in [6, 6.07) is 0. The molecule has 0 radical (unpaired) electrons. The van der Waals surface area contributed by atoms with Gasteiger partial charge in [-0.3, -0.25) is 9.89 Å². The van der Waals surface area contributed by atoms with Gasteiger partial charge in [0.05, 0.1) is 6.20 Å². The standard InChI is InChI=1S/C10H17N3O2/c1-4-10(2,15-3)9(14)11-5-8-6-12-13-7-8/h6-7H,4-5H2,1-3H3,(H,11,14)(H,12,13). The van der Waals surface area contributed by atoms with Gasteiger partial charge in [-0.15, -0.1) is 0 Å². The van der Waals surface area contributed by atoms with Gasteiger partial charge in [0.2, 0.25) is 0 Å². The zero-order valence-electron chi connectivity index (χ0n) is 9.33. The normalized spacial score (nSPS) is 14.6. The van der Waals surface area contributed by atoms with E-state index >= 15 is 0 Å². The minimum atomic E-state index is -0.746. The van der Waals surface area contributed by atoms with Crippen LogP contribution in [-0.2, 0) is 16.1 Å². The van der Waals surface area contributed by atoms with Gasteiger partial charge < -0.3 is 10.1 Å². The Morgan fingerprint density at radius 2 is 2.47 bits per heavy atom. The third-order valence-corrected chi connectivity index (χ3v) is 2.61. The van der Waals surface area contributed by atoms with Crippen LogP contribution >= 0.6 is 0 Å². The Kier molecular flexibility index (Phi) is 3.85. The molecule has 5 nitrogen and oxygen atoms in total. The molecular formula is C10H17N3O2. The van der Waals surface area contributed by atoms with Crippen molar-refractivity contribution in [2.24, 2.45) is 0 Å². The first kappa shape index (κ1) is 11.7. The summed E-state index contributed by atoms with van der Waals surface area (Å²) >= 11 is 0. The van der Waals surface area contributed by atoms with Crippen molar-refractivity contribution in [3.63, 3.8) is 0 Å². The van der Waals surface area contributed by atoms with Crippen molar-refractivity contribution >= 4 is 5.91 Å². The maximum absolute atomic E-state index is 11.8. The molecule has 15 heavy (non-hydrogen) atoms. The molecule has 0 spiro atoms. The number of carbonyl (C=O) groups is 1. The molecule has 1 rings (SSSR count). The summed E-state index contributed by atoms with van der Waals surface area (Å²) < 4.78 is 5.18. The average Bonchev–Trinajstić information content (AvgIpc) is 2.77. The number of nitrogens with zero attached hydrogens (tertiary/aromatic N) is 1. The number of nitrogens with one attached hydrogen (secondary N) is 2. The third kappa shape index (κ3) is 2.79. The fourth-order valence-corrected chi connectivity index (χ4v) is 1.14. The van der Waals surface area contributed by atoms with Crippen LogP contribution < -0.4 is 5.32 Å². The summed E-state index contributed by atoms with van der Waals surface area (Å²) in [5, 5.41) is 9.29. The molecule has 2 N–H and O–H groups in total. The van der Waals surface area contributed by atoms with E-state index in [1.54, 1.807) is 26.4 Å². The second kappa shape index (κ2) is 4.93. The highest BCUT2D eigenvalue weighted by molar-refractivity contribution is 5.84. The summed E-state index contributed by atoms with van der Waals surface area (Å²) in [6.45, 7) is 4.16. The minimum Gasteiger partial charge on any atom is -0.369 e. The summed E-state index contributed by atoms with van der Waals surface area (Å²) in [7, 11) is 1.54. The molecule has 1 heterocycles. The average molecular weight is 211 g/mol. The second-order valence-electron chi connectivity index (χ2n) is 3.58. The smallest absolute Gasteiger partial charge is 0.252 e. The number of hydrogen-bond acceptors (Lipinski definition) is 3. The van der Waals surface area contributed by atoms with Crippen molar-refractivity contribution in [1.82, 2.24) is 15.5 Å². The van der Waals surface area contributed by atoms with Gasteiger partial charge in [0.25, 0.3) is 5.91 Å². The Labute approximate surface area is 89.2 Å². The quantitative estimate of drug-likeness (QED) is 0.758. The molecular weight excluding hydrogens is 194 g/mol. The summed E-state index contributed by atoms with van der Waals surface area (Å²) in [4.78, 5) is 11.8.